The number of amides is 1. The molecule has 128 valence electrons. The number of halogens is 2. The second-order valence-corrected chi connectivity index (χ2v) is 5.58. The van der Waals surface area contributed by atoms with E-state index in [1.165, 1.54) is 11.0 Å². The number of anilines is 1. The smallest absolute Gasteiger partial charge is 0.303 e. The number of benzene rings is 1. The fourth-order valence-electron chi connectivity index (χ4n) is 2.78. The average Bonchev–Trinajstić information content (AvgIpc) is 2.85. The van der Waals surface area contributed by atoms with E-state index in [1.807, 2.05) is 11.9 Å². The molecule has 1 N–H and O–H groups in total. The normalized spacial score (nSPS) is 17.4. The summed E-state index contributed by atoms with van der Waals surface area (Å²) in [5.74, 6) is -1.28. The van der Waals surface area contributed by atoms with Crippen LogP contribution in [0.3, 0.4) is 0 Å². The number of para-hydroxylation sites is 1. The Morgan fingerprint density at radius 1 is 1.39 bits per heavy atom. The summed E-state index contributed by atoms with van der Waals surface area (Å²) in [5.41, 5.74) is 0.328. The lowest BCUT2D eigenvalue weighted by molar-refractivity contribution is -0.137. The van der Waals surface area contributed by atoms with Crippen molar-refractivity contribution in [3.8, 4) is 0 Å². The summed E-state index contributed by atoms with van der Waals surface area (Å²) in [6.07, 6.45) is 2.13. The number of carboxylic acids is 1. The molecule has 1 aliphatic heterocycles. The molecular weight excluding hydrogens is 323 g/mol. The van der Waals surface area contributed by atoms with Crippen molar-refractivity contribution in [1.82, 2.24) is 4.90 Å². The van der Waals surface area contributed by atoms with Gasteiger partial charge in [-0.15, -0.1) is 12.4 Å². The van der Waals surface area contributed by atoms with Gasteiger partial charge in [0.1, 0.15) is 5.82 Å². The molecule has 7 heteroatoms. The Labute approximate surface area is 141 Å². The molecule has 0 aromatic heterocycles. The van der Waals surface area contributed by atoms with Crippen molar-refractivity contribution < 1.29 is 19.1 Å². The number of hydrogen-bond donors (Lipinski definition) is 1. The van der Waals surface area contributed by atoms with Gasteiger partial charge in [0.05, 0.1) is 11.7 Å². The summed E-state index contributed by atoms with van der Waals surface area (Å²) in [7, 11) is 1.86. The molecule has 0 aliphatic carbocycles. The fraction of sp³-hybridized carbons (Fsp3) is 0.500. The van der Waals surface area contributed by atoms with Crippen molar-refractivity contribution in [2.24, 2.45) is 0 Å². The first-order valence-electron chi connectivity index (χ1n) is 7.48. The molecule has 1 heterocycles. The highest BCUT2D eigenvalue weighted by molar-refractivity contribution is 5.99. The average molecular weight is 345 g/mol. The van der Waals surface area contributed by atoms with Gasteiger partial charge in [0, 0.05) is 13.0 Å². The third-order valence-corrected chi connectivity index (χ3v) is 4.00. The van der Waals surface area contributed by atoms with E-state index in [9.17, 15) is 14.0 Å². The number of aliphatic carboxylic acids is 1. The van der Waals surface area contributed by atoms with E-state index in [0.717, 1.165) is 6.42 Å². The zero-order valence-electron chi connectivity index (χ0n) is 13.1. The molecule has 0 bridgehead atoms. The van der Waals surface area contributed by atoms with E-state index in [4.69, 9.17) is 5.11 Å². The maximum absolute atomic E-state index is 13.8. The predicted molar refractivity (Wildman–Crippen MR) is 88.5 cm³/mol. The van der Waals surface area contributed by atoms with Gasteiger partial charge in [-0.1, -0.05) is 12.1 Å². The van der Waals surface area contributed by atoms with E-state index in [0.29, 0.717) is 31.6 Å². The van der Waals surface area contributed by atoms with E-state index < -0.39 is 5.97 Å². The lowest BCUT2D eigenvalue weighted by Crippen LogP contribution is -2.40. The lowest BCUT2D eigenvalue weighted by atomic mass is 10.2. The van der Waals surface area contributed by atoms with Gasteiger partial charge in [0.25, 0.3) is 0 Å². The first-order chi connectivity index (χ1) is 10.5. The maximum atomic E-state index is 13.8. The predicted octanol–water partition coefficient (Wildman–Crippen LogP) is 2.54. The van der Waals surface area contributed by atoms with E-state index in [-0.39, 0.29) is 36.6 Å². The summed E-state index contributed by atoms with van der Waals surface area (Å²) >= 11 is 0. The number of hydrogen-bond acceptors (Lipinski definition) is 3. The van der Waals surface area contributed by atoms with Crippen molar-refractivity contribution in [3.63, 3.8) is 0 Å². The highest BCUT2D eigenvalue weighted by atomic mass is 35.5. The Morgan fingerprint density at radius 3 is 2.74 bits per heavy atom. The van der Waals surface area contributed by atoms with Crippen LogP contribution in [0, 0.1) is 5.82 Å². The Bertz CT molecular complexity index is 556. The Hall–Kier alpha value is -1.66. The van der Waals surface area contributed by atoms with Gasteiger partial charge in [-0.3, -0.25) is 14.5 Å². The number of likely N-dealkylation sites (N-methyl/N-ethyl adjacent to an activating group) is 1. The van der Waals surface area contributed by atoms with Crippen molar-refractivity contribution in [2.75, 3.05) is 25.0 Å². The maximum Gasteiger partial charge on any atom is 0.303 e. The van der Waals surface area contributed by atoms with Gasteiger partial charge in [0.2, 0.25) is 5.91 Å². The van der Waals surface area contributed by atoms with Gasteiger partial charge < -0.3 is 10.0 Å². The molecule has 1 unspecified atom stereocenters. The molecule has 1 fully saturated rings. The largest absolute Gasteiger partial charge is 0.481 e. The molecule has 1 aliphatic rings. The van der Waals surface area contributed by atoms with Crippen LogP contribution < -0.4 is 4.90 Å². The molecule has 0 spiro atoms. The van der Waals surface area contributed by atoms with E-state index >= 15 is 0 Å². The van der Waals surface area contributed by atoms with Gasteiger partial charge >= 0.3 is 5.97 Å². The third-order valence-electron chi connectivity index (χ3n) is 4.00. The molecule has 5 nitrogen and oxygen atoms in total. The zero-order chi connectivity index (χ0) is 16.1. The summed E-state index contributed by atoms with van der Waals surface area (Å²) in [5, 5.41) is 8.61. The molecular formula is C16H22ClFN2O3. The molecule has 23 heavy (non-hydrogen) atoms. The van der Waals surface area contributed by atoms with Crippen LogP contribution in [-0.2, 0) is 9.59 Å². The van der Waals surface area contributed by atoms with Crippen molar-refractivity contribution >= 4 is 30.0 Å². The molecule has 0 radical (unpaired) electrons. The molecule has 1 atom stereocenters. The number of rotatable bonds is 7. The van der Waals surface area contributed by atoms with Crippen LogP contribution in [-0.4, -0.2) is 48.1 Å². The first-order valence-corrected chi connectivity index (χ1v) is 7.48. The molecule has 1 amide bonds. The number of nitrogens with zero attached hydrogens (tertiary/aromatic N) is 2. The molecule has 2 rings (SSSR count). The fourth-order valence-corrected chi connectivity index (χ4v) is 2.78. The van der Waals surface area contributed by atoms with Crippen LogP contribution in [0.5, 0.6) is 0 Å². The van der Waals surface area contributed by atoms with Crippen LogP contribution in [0.4, 0.5) is 10.1 Å². The van der Waals surface area contributed by atoms with Crippen LogP contribution in [0.15, 0.2) is 24.3 Å². The summed E-state index contributed by atoms with van der Waals surface area (Å²) in [6, 6.07) is 6.03. The lowest BCUT2D eigenvalue weighted by Gasteiger charge is -2.23. The van der Waals surface area contributed by atoms with Crippen molar-refractivity contribution in [3.05, 3.63) is 30.1 Å². The molecule has 1 aromatic rings. The topological polar surface area (TPSA) is 60.9 Å². The van der Waals surface area contributed by atoms with E-state index in [1.54, 1.807) is 18.2 Å². The Kier molecular flexibility index (Phi) is 7.45. The standard InChI is InChI=1S/C16H21FN2O3.ClH/c1-18(10-5-4-8-15(20)21)14-9-11-19(16(14)22)13-7-3-2-6-12(13)17;/h2-3,6-7,14H,4-5,8-11H2,1H3,(H,20,21);1H. The molecule has 1 saturated heterocycles. The van der Waals surface area contributed by atoms with Crippen molar-refractivity contribution in [2.45, 2.75) is 31.7 Å². The van der Waals surface area contributed by atoms with Crippen LogP contribution >= 0.6 is 12.4 Å². The number of carboxylic acid groups (broad SMARTS) is 1. The third kappa shape index (κ3) is 4.91. The van der Waals surface area contributed by atoms with E-state index in [2.05, 4.69) is 0 Å². The van der Waals surface area contributed by atoms with Crippen LogP contribution in [0.2, 0.25) is 0 Å². The first kappa shape index (κ1) is 19.4. The number of carbonyl (C=O) groups is 2. The van der Waals surface area contributed by atoms with Crippen molar-refractivity contribution in [1.29, 1.82) is 0 Å². The van der Waals surface area contributed by atoms with Gasteiger partial charge in [-0.2, -0.15) is 0 Å². The Balaban J connectivity index is 0.00000264. The minimum Gasteiger partial charge on any atom is -0.481 e. The second kappa shape index (κ2) is 8.84. The summed E-state index contributed by atoms with van der Waals surface area (Å²) < 4.78 is 13.8. The minimum atomic E-state index is -0.801. The number of unbranched alkanes of at least 4 members (excludes halogenated alkanes) is 1. The highest BCUT2D eigenvalue weighted by Gasteiger charge is 2.35. The molecule has 0 saturated carbocycles. The SMILES string of the molecule is CN(CCCCC(=O)O)C1CCN(c2ccccc2F)C1=O.Cl. The van der Waals surface area contributed by atoms with Gasteiger partial charge in [-0.25, -0.2) is 4.39 Å². The summed E-state index contributed by atoms with van der Waals surface area (Å²) in [6.45, 7) is 1.17. The molecule has 1 aromatic carbocycles. The number of carbonyl (C=O) groups excluding carboxylic acids is 1. The quantitative estimate of drug-likeness (QED) is 0.772. The summed E-state index contributed by atoms with van der Waals surface area (Å²) in [4.78, 5) is 26.4. The van der Waals surface area contributed by atoms with Crippen LogP contribution in [0.1, 0.15) is 25.7 Å². The van der Waals surface area contributed by atoms with Gasteiger partial charge in [-0.05, 0) is 45.0 Å². The Morgan fingerprint density at radius 2 is 2.09 bits per heavy atom. The monoisotopic (exact) mass is 344 g/mol. The second-order valence-electron chi connectivity index (χ2n) is 5.58. The minimum absolute atomic E-state index is 0. The highest BCUT2D eigenvalue weighted by Crippen LogP contribution is 2.26. The van der Waals surface area contributed by atoms with Crippen LogP contribution in [0.25, 0.3) is 0 Å². The van der Waals surface area contributed by atoms with Gasteiger partial charge in [0.15, 0.2) is 0 Å². The zero-order valence-corrected chi connectivity index (χ0v) is 13.9.